The molecule has 0 bridgehead atoms. The van der Waals surface area contributed by atoms with E-state index in [1.54, 1.807) is 23.5 Å². The number of halogens is 1. The zero-order chi connectivity index (χ0) is 16.7. The fourth-order valence-electron chi connectivity index (χ4n) is 2.04. The Morgan fingerprint density at radius 3 is 2.83 bits per heavy atom. The zero-order valence-corrected chi connectivity index (χ0v) is 14.3. The molecule has 1 heterocycles. The number of hydrogen-bond donors (Lipinski definition) is 1. The smallest absolute Gasteiger partial charge is 0.306 e. The highest BCUT2D eigenvalue weighted by Gasteiger charge is 2.12. The Morgan fingerprint density at radius 2 is 2.13 bits per heavy atom. The molecule has 4 nitrogen and oxygen atoms in total. The summed E-state index contributed by atoms with van der Waals surface area (Å²) in [4.78, 5) is 24.6. The fourth-order valence-corrected chi connectivity index (χ4v) is 2.95. The maximum absolute atomic E-state index is 11.8. The predicted octanol–water partition coefficient (Wildman–Crippen LogP) is 3.75. The van der Waals surface area contributed by atoms with Gasteiger partial charge in [-0.15, -0.1) is 11.3 Å². The van der Waals surface area contributed by atoms with Gasteiger partial charge in [0.1, 0.15) is 0 Å². The summed E-state index contributed by atoms with van der Waals surface area (Å²) in [6.07, 6.45) is 0.911. The van der Waals surface area contributed by atoms with E-state index in [2.05, 4.69) is 5.32 Å². The van der Waals surface area contributed by atoms with Crippen LogP contribution in [0.4, 0.5) is 0 Å². The molecule has 0 fully saturated rings. The highest BCUT2D eigenvalue weighted by molar-refractivity contribution is 7.09. The lowest BCUT2D eigenvalue weighted by atomic mass is 10.1. The SMILES string of the molecule is C[C@H](NC(=O)COC(=O)CCc1cccs1)c1cccc(Cl)c1. The summed E-state index contributed by atoms with van der Waals surface area (Å²) in [7, 11) is 0. The van der Waals surface area contributed by atoms with E-state index in [1.165, 1.54) is 0 Å². The molecule has 6 heteroatoms. The van der Waals surface area contributed by atoms with Crippen molar-refractivity contribution in [3.63, 3.8) is 0 Å². The van der Waals surface area contributed by atoms with Gasteiger partial charge in [-0.3, -0.25) is 9.59 Å². The summed E-state index contributed by atoms with van der Waals surface area (Å²) in [6.45, 7) is 1.58. The Labute approximate surface area is 144 Å². The monoisotopic (exact) mass is 351 g/mol. The van der Waals surface area contributed by atoms with E-state index in [4.69, 9.17) is 16.3 Å². The molecule has 0 saturated heterocycles. The molecule has 23 heavy (non-hydrogen) atoms. The molecule has 1 N–H and O–H groups in total. The van der Waals surface area contributed by atoms with Crippen molar-refractivity contribution in [1.29, 1.82) is 0 Å². The largest absolute Gasteiger partial charge is 0.456 e. The third-order valence-electron chi connectivity index (χ3n) is 3.25. The number of amides is 1. The van der Waals surface area contributed by atoms with Gasteiger partial charge in [0.2, 0.25) is 0 Å². The summed E-state index contributed by atoms with van der Waals surface area (Å²) in [5.74, 6) is -0.703. The van der Waals surface area contributed by atoms with Crippen molar-refractivity contribution in [3.05, 3.63) is 57.2 Å². The van der Waals surface area contributed by atoms with Crippen molar-refractivity contribution in [2.45, 2.75) is 25.8 Å². The molecule has 0 aliphatic carbocycles. The molecule has 2 aromatic rings. The summed E-state index contributed by atoms with van der Waals surface area (Å²) >= 11 is 7.52. The highest BCUT2D eigenvalue weighted by Crippen LogP contribution is 2.17. The number of thiophene rings is 1. The lowest BCUT2D eigenvalue weighted by molar-refractivity contribution is -0.148. The summed E-state index contributed by atoms with van der Waals surface area (Å²) in [6, 6.07) is 11.0. The van der Waals surface area contributed by atoms with Crippen LogP contribution in [0.3, 0.4) is 0 Å². The first-order chi connectivity index (χ1) is 11.0. The molecule has 0 unspecified atom stereocenters. The van der Waals surface area contributed by atoms with Crippen LogP contribution < -0.4 is 5.32 Å². The quantitative estimate of drug-likeness (QED) is 0.773. The first-order valence-electron chi connectivity index (χ1n) is 7.27. The van der Waals surface area contributed by atoms with Gasteiger partial charge in [-0.1, -0.05) is 29.8 Å². The number of nitrogens with one attached hydrogen (secondary N) is 1. The number of esters is 1. The Balaban J connectivity index is 1.71. The van der Waals surface area contributed by atoms with E-state index in [0.29, 0.717) is 11.4 Å². The second-order valence-electron chi connectivity index (χ2n) is 5.08. The number of aryl methyl sites for hydroxylation is 1. The first-order valence-corrected chi connectivity index (χ1v) is 8.53. The number of rotatable bonds is 7. The molecule has 1 amide bonds. The van der Waals surface area contributed by atoms with Crippen LogP contribution in [0.5, 0.6) is 0 Å². The molecule has 0 aliphatic rings. The van der Waals surface area contributed by atoms with Crippen LogP contribution in [0, 0.1) is 0 Å². The lowest BCUT2D eigenvalue weighted by Gasteiger charge is -2.14. The van der Waals surface area contributed by atoms with Crippen LogP contribution in [0.25, 0.3) is 0 Å². The molecule has 1 atom stereocenters. The average molecular weight is 352 g/mol. The molecular weight excluding hydrogens is 334 g/mol. The highest BCUT2D eigenvalue weighted by atomic mass is 35.5. The van der Waals surface area contributed by atoms with Gasteiger partial charge in [0.15, 0.2) is 6.61 Å². The zero-order valence-electron chi connectivity index (χ0n) is 12.8. The molecule has 1 aromatic carbocycles. The number of carbonyl (C=O) groups is 2. The minimum atomic E-state index is -0.371. The molecule has 122 valence electrons. The van der Waals surface area contributed by atoms with Gasteiger partial charge in [-0.05, 0) is 42.5 Å². The molecule has 0 aliphatic heterocycles. The fraction of sp³-hybridized carbons (Fsp3) is 0.294. The lowest BCUT2D eigenvalue weighted by Crippen LogP contribution is -2.31. The Morgan fingerprint density at radius 1 is 1.30 bits per heavy atom. The summed E-state index contributed by atoms with van der Waals surface area (Å²) in [5.41, 5.74) is 0.898. The number of benzene rings is 1. The standard InChI is InChI=1S/C17H18ClNO3S/c1-12(13-4-2-5-14(18)10-13)19-16(20)11-22-17(21)8-7-15-6-3-9-23-15/h2-6,9-10,12H,7-8,11H2,1H3,(H,19,20)/t12-/m0/s1. The second-order valence-corrected chi connectivity index (χ2v) is 6.55. The second kappa shape index (κ2) is 8.70. The average Bonchev–Trinajstić information content (AvgIpc) is 3.04. The molecule has 2 rings (SSSR count). The van der Waals surface area contributed by atoms with Gasteiger partial charge in [-0.25, -0.2) is 0 Å². The van der Waals surface area contributed by atoms with Crippen molar-refractivity contribution in [2.24, 2.45) is 0 Å². The maximum Gasteiger partial charge on any atom is 0.306 e. The van der Waals surface area contributed by atoms with Crippen LogP contribution in [-0.2, 0) is 20.7 Å². The number of hydrogen-bond acceptors (Lipinski definition) is 4. The molecule has 0 saturated carbocycles. The minimum Gasteiger partial charge on any atom is -0.456 e. The predicted molar refractivity (Wildman–Crippen MR) is 91.6 cm³/mol. The normalized spacial score (nSPS) is 11.7. The minimum absolute atomic E-state index is 0.203. The van der Waals surface area contributed by atoms with Crippen molar-refractivity contribution >= 4 is 34.8 Å². The topological polar surface area (TPSA) is 55.4 Å². The summed E-state index contributed by atoms with van der Waals surface area (Å²) < 4.78 is 4.99. The van der Waals surface area contributed by atoms with Crippen LogP contribution in [-0.4, -0.2) is 18.5 Å². The van der Waals surface area contributed by atoms with Gasteiger partial charge >= 0.3 is 5.97 Å². The molecule has 0 spiro atoms. The van der Waals surface area contributed by atoms with E-state index < -0.39 is 0 Å². The summed E-state index contributed by atoms with van der Waals surface area (Å²) in [5, 5.41) is 5.35. The van der Waals surface area contributed by atoms with Gasteiger partial charge in [0, 0.05) is 9.90 Å². The van der Waals surface area contributed by atoms with Gasteiger partial charge in [0.05, 0.1) is 12.5 Å². The number of ether oxygens (including phenoxy) is 1. The molecular formula is C17H18ClNO3S. The van der Waals surface area contributed by atoms with Gasteiger partial charge < -0.3 is 10.1 Å². The van der Waals surface area contributed by atoms with Crippen molar-refractivity contribution in [3.8, 4) is 0 Å². The third kappa shape index (κ3) is 6.04. The van der Waals surface area contributed by atoms with Crippen LogP contribution in [0.15, 0.2) is 41.8 Å². The van der Waals surface area contributed by atoms with E-state index in [9.17, 15) is 9.59 Å². The third-order valence-corrected chi connectivity index (χ3v) is 4.42. The van der Waals surface area contributed by atoms with E-state index in [-0.39, 0.29) is 30.9 Å². The van der Waals surface area contributed by atoms with E-state index in [1.807, 2.05) is 36.6 Å². The number of carbonyl (C=O) groups excluding carboxylic acids is 2. The Bertz CT molecular complexity index is 658. The van der Waals surface area contributed by atoms with E-state index in [0.717, 1.165) is 10.4 Å². The van der Waals surface area contributed by atoms with E-state index >= 15 is 0 Å². The molecule has 0 radical (unpaired) electrons. The van der Waals surface area contributed by atoms with Crippen LogP contribution in [0.2, 0.25) is 5.02 Å². The first kappa shape index (κ1) is 17.5. The Kier molecular flexibility index (Phi) is 6.62. The van der Waals surface area contributed by atoms with Crippen molar-refractivity contribution in [1.82, 2.24) is 5.32 Å². The van der Waals surface area contributed by atoms with Crippen molar-refractivity contribution in [2.75, 3.05) is 6.61 Å². The van der Waals surface area contributed by atoms with Crippen molar-refractivity contribution < 1.29 is 14.3 Å². The molecule has 1 aromatic heterocycles. The Hall–Kier alpha value is -1.85. The maximum atomic E-state index is 11.8. The van der Waals surface area contributed by atoms with Gasteiger partial charge in [0.25, 0.3) is 5.91 Å². The van der Waals surface area contributed by atoms with Gasteiger partial charge in [-0.2, -0.15) is 0 Å². The van der Waals surface area contributed by atoms with Crippen LogP contribution >= 0.6 is 22.9 Å². The van der Waals surface area contributed by atoms with Crippen LogP contribution in [0.1, 0.15) is 29.8 Å².